The van der Waals surface area contributed by atoms with Crippen molar-refractivity contribution >= 4 is 11.9 Å². The van der Waals surface area contributed by atoms with Crippen molar-refractivity contribution in [1.82, 2.24) is 25.1 Å². The predicted molar refractivity (Wildman–Crippen MR) is 201 cm³/mol. The van der Waals surface area contributed by atoms with Crippen LogP contribution in [0.1, 0.15) is 128 Å². The minimum atomic E-state index is -0.624. The molecule has 4 fully saturated rings. The monoisotopic (exact) mass is 711 g/mol. The van der Waals surface area contributed by atoms with Crippen molar-refractivity contribution in [1.29, 1.82) is 0 Å². The Kier molecular flexibility index (Phi) is 9.91. The maximum absolute atomic E-state index is 13.5. The molecule has 5 aliphatic rings. The molecule has 288 valence electrons. The van der Waals surface area contributed by atoms with E-state index in [0.29, 0.717) is 43.5 Å². The number of allylic oxidation sites excluding steroid dienone is 1. The zero-order chi connectivity index (χ0) is 37.5. The molecule has 3 saturated carbocycles. The zero-order valence-corrected chi connectivity index (χ0v) is 34.0. The second-order valence-electron chi connectivity index (χ2n) is 19.5. The number of aromatic nitrogens is 4. The second kappa shape index (κ2) is 13.1. The fourth-order valence-electron chi connectivity index (χ4n) is 13.3. The molecular weight excluding hydrogens is 640 g/mol. The number of nitrogens with zero attached hydrogens (tertiary/aromatic N) is 5. The summed E-state index contributed by atoms with van der Waals surface area (Å²) in [5.41, 5.74) is 6.21. The van der Waals surface area contributed by atoms with Crippen molar-refractivity contribution in [2.45, 2.75) is 139 Å². The fraction of sp³-hybridized carbons (Fsp3) is 0.902. The van der Waals surface area contributed by atoms with Crippen molar-refractivity contribution in [2.24, 2.45) is 62.6 Å². The summed E-state index contributed by atoms with van der Waals surface area (Å²) in [5.74, 6) is 0.914. The largest absolute Gasteiger partial charge is 0.481 e. The van der Waals surface area contributed by atoms with Gasteiger partial charge in [-0.05, 0) is 110 Å². The van der Waals surface area contributed by atoms with Gasteiger partial charge in [-0.15, -0.1) is 5.10 Å². The number of carboxylic acids is 1. The van der Waals surface area contributed by atoms with E-state index >= 15 is 0 Å². The minimum absolute atomic E-state index is 0.144. The first-order chi connectivity index (χ1) is 23.8. The van der Waals surface area contributed by atoms with Crippen LogP contribution in [0.4, 0.5) is 5.95 Å². The molecule has 6 rings (SSSR count). The van der Waals surface area contributed by atoms with Crippen molar-refractivity contribution in [3.63, 3.8) is 0 Å². The number of nitrogens with two attached hydrogens (primary N) is 1. The molecule has 0 amide bonds. The highest BCUT2D eigenvalue weighted by molar-refractivity contribution is 5.73. The van der Waals surface area contributed by atoms with Gasteiger partial charge in [0, 0.05) is 16.4 Å². The van der Waals surface area contributed by atoms with Gasteiger partial charge in [0.05, 0.1) is 31.8 Å². The van der Waals surface area contributed by atoms with E-state index in [-0.39, 0.29) is 56.6 Å². The Morgan fingerprint density at radius 3 is 2.35 bits per heavy atom. The number of nitrogen functional groups attached to an aromatic ring is 1. The summed E-state index contributed by atoms with van der Waals surface area (Å²) in [5, 5.41) is 24.4. The van der Waals surface area contributed by atoms with E-state index in [1.807, 2.05) is 0 Å². The standard InChI is InChI=1S/C41H70N6O4/c1-13-46(14-2)40(12,26(5)6)23-51-33-30(47-44-35(42)43-45-47)21-41-24-50-22-37(33,9)31(41)16-15-28-29(41)17-18-39(11)32(34(48)49)36(8,27(7)25(3)4)19-20-38(28,39)10/h17,25-28,30-33H,13-16,18-24H2,1-12H3,(H2,42,44)(H,48,49)/t27-,28+,30-,31+,32-,33+,36-,37+,38-,39+,40-,41?/m1/s1. The van der Waals surface area contributed by atoms with E-state index < -0.39 is 11.9 Å². The molecule has 1 aromatic heterocycles. The average molecular weight is 711 g/mol. The number of tetrazole rings is 1. The van der Waals surface area contributed by atoms with Crippen molar-refractivity contribution in [3.05, 3.63) is 11.6 Å². The lowest BCUT2D eigenvalue weighted by Gasteiger charge is -2.71. The maximum atomic E-state index is 13.5. The Bertz CT molecular complexity index is 1490. The summed E-state index contributed by atoms with van der Waals surface area (Å²) in [6.45, 7) is 31.4. The Morgan fingerprint density at radius 1 is 1.10 bits per heavy atom. The topological polar surface area (TPSA) is 129 Å². The van der Waals surface area contributed by atoms with Gasteiger partial charge in [-0.3, -0.25) is 9.69 Å². The van der Waals surface area contributed by atoms with Gasteiger partial charge in [0.1, 0.15) is 6.04 Å². The molecule has 1 aliphatic heterocycles. The van der Waals surface area contributed by atoms with Gasteiger partial charge in [-0.1, -0.05) is 92.9 Å². The van der Waals surface area contributed by atoms with E-state index in [2.05, 4.69) is 109 Å². The summed E-state index contributed by atoms with van der Waals surface area (Å²) in [4.78, 5) is 17.8. The number of fused-ring (bicyclic) bond motifs is 3. The lowest BCUT2D eigenvalue weighted by atomic mass is 9.34. The van der Waals surface area contributed by atoms with E-state index in [0.717, 1.165) is 51.6 Å². The van der Waals surface area contributed by atoms with Crippen LogP contribution in [0.15, 0.2) is 11.6 Å². The average Bonchev–Trinajstić information content (AvgIpc) is 3.50. The smallest absolute Gasteiger partial charge is 0.307 e. The highest BCUT2D eigenvalue weighted by Crippen LogP contribution is 2.75. The van der Waals surface area contributed by atoms with Gasteiger partial charge in [0.15, 0.2) is 0 Å². The number of rotatable bonds is 11. The first-order valence-corrected chi connectivity index (χ1v) is 20.2. The summed E-state index contributed by atoms with van der Waals surface area (Å²) in [6, 6.07) is -0.165. The lowest BCUT2D eigenvalue weighted by Crippen LogP contribution is -2.69. The molecule has 1 unspecified atom stereocenters. The summed E-state index contributed by atoms with van der Waals surface area (Å²) in [7, 11) is 0. The van der Waals surface area contributed by atoms with Gasteiger partial charge < -0.3 is 20.3 Å². The highest BCUT2D eigenvalue weighted by Gasteiger charge is 2.72. The highest BCUT2D eigenvalue weighted by atomic mass is 16.5. The molecule has 2 heterocycles. The van der Waals surface area contributed by atoms with Crippen LogP contribution in [0.2, 0.25) is 0 Å². The number of likely N-dealkylation sites (N-methyl/N-ethyl adjacent to an activating group) is 1. The number of hydrogen-bond donors (Lipinski definition) is 2. The first-order valence-electron chi connectivity index (χ1n) is 20.2. The van der Waals surface area contributed by atoms with Crippen LogP contribution in [-0.4, -0.2) is 80.7 Å². The van der Waals surface area contributed by atoms with E-state index in [9.17, 15) is 9.90 Å². The van der Waals surface area contributed by atoms with Gasteiger partial charge in [0.25, 0.3) is 5.95 Å². The van der Waals surface area contributed by atoms with E-state index in [1.165, 1.54) is 5.57 Å². The van der Waals surface area contributed by atoms with Crippen LogP contribution >= 0.6 is 0 Å². The Labute approximate surface area is 308 Å². The zero-order valence-electron chi connectivity index (χ0n) is 34.0. The molecular formula is C41H70N6O4. The van der Waals surface area contributed by atoms with Crippen LogP contribution < -0.4 is 5.73 Å². The number of carbonyl (C=O) groups is 1. The van der Waals surface area contributed by atoms with Gasteiger partial charge in [-0.2, -0.15) is 4.80 Å². The summed E-state index contributed by atoms with van der Waals surface area (Å²) >= 11 is 0. The quantitative estimate of drug-likeness (QED) is 0.224. The predicted octanol–water partition coefficient (Wildman–Crippen LogP) is 7.53. The van der Waals surface area contributed by atoms with Crippen LogP contribution in [0.5, 0.6) is 0 Å². The fourth-order valence-corrected chi connectivity index (χ4v) is 13.3. The molecule has 51 heavy (non-hydrogen) atoms. The molecule has 3 N–H and O–H groups in total. The van der Waals surface area contributed by atoms with Crippen LogP contribution in [0, 0.1) is 62.6 Å². The molecule has 0 aromatic carbocycles. The van der Waals surface area contributed by atoms with E-state index in [1.54, 1.807) is 4.80 Å². The number of anilines is 1. The van der Waals surface area contributed by atoms with Gasteiger partial charge in [-0.25, -0.2) is 0 Å². The molecule has 0 spiro atoms. The third kappa shape index (κ3) is 5.40. The lowest BCUT2D eigenvalue weighted by molar-refractivity contribution is -0.256. The van der Waals surface area contributed by atoms with Crippen LogP contribution in [0.25, 0.3) is 0 Å². The van der Waals surface area contributed by atoms with E-state index in [4.69, 9.17) is 15.2 Å². The Hall–Kier alpha value is -2.04. The molecule has 1 aromatic rings. The molecule has 2 bridgehead atoms. The third-order valence-electron chi connectivity index (χ3n) is 17.1. The molecule has 4 aliphatic carbocycles. The molecule has 0 radical (unpaired) electrons. The normalized spacial score (nSPS) is 42.5. The molecule has 10 nitrogen and oxygen atoms in total. The van der Waals surface area contributed by atoms with Crippen molar-refractivity contribution in [3.8, 4) is 0 Å². The Balaban J connectivity index is 1.43. The number of hydrogen-bond acceptors (Lipinski definition) is 8. The third-order valence-corrected chi connectivity index (χ3v) is 17.1. The van der Waals surface area contributed by atoms with Crippen LogP contribution in [0.3, 0.4) is 0 Å². The molecule has 12 atom stereocenters. The van der Waals surface area contributed by atoms with Crippen LogP contribution in [-0.2, 0) is 14.3 Å². The molecule has 1 saturated heterocycles. The summed E-state index contributed by atoms with van der Waals surface area (Å²) < 4.78 is 14.1. The van der Waals surface area contributed by atoms with Crippen molar-refractivity contribution in [2.75, 3.05) is 38.6 Å². The number of carboxylic acid groups (broad SMARTS) is 1. The van der Waals surface area contributed by atoms with Gasteiger partial charge in [0.2, 0.25) is 0 Å². The second-order valence-corrected chi connectivity index (χ2v) is 19.5. The maximum Gasteiger partial charge on any atom is 0.307 e. The number of aliphatic carboxylic acids is 1. The summed E-state index contributed by atoms with van der Waals surface area (Å²) in [6.07, 6.45) is 7.99. The minimum Gasteiger partial charge on any atom is -0.481 e. The first kappa shape index (κ1) is 38.7. The number of ether oxygens (including phenoxy) is 2. The SMILES string of the molecule is CCN(CC)[C@](C)(CO[C@H]1[C@H](n2nnc(N)n2)CC23COC[C@@]1(C)[C@@H]2CC[C@H]1C3=CC[C@@]2(C)[C@H](C(=O)O)[C@@](C)([C@H](C)C(C)C)CC[C@]12C)C(C)C. The van der Waals surface area contributed by atoms with Gasteiger partial charge >= 0.3 is 5.97 Å². The van der Waals surface area contributed by atoms with Crippen molar-refractivity contribution < 1.29 is 19.4 Å². The Morgan fingerprint density at radius 2 is 1.78 bits per heavy atom. The molecule has 10 heteroatoms.